The predicted octanol–water partition coefficient (Wildman–Crippen LogP) is 2.00. The highest BCUT2D eigenvalue weighted by Gasteiger charge is 2.38. The predicted molar refractivity (Wildman–Crippen MR) is 80.8 cm³/mol. The van der Waals surface area contributed by atoms with E-state index >= 15 is 0 Å². The van der Waals surface area contributed by atoms with E-state index in [0.717, 1.165) is 32.3 Å². The molecule has 3 rings (SSSR count). The van der Waals surface area contributed by atoms with Crippen LogP contribution in [-0.2, 0) is 9.53 Å². The van der Waals surface area contributed by atoms with Crippen LogP contribution >= 0.6 is 12.4 Å². The molecule has 0 bridgehead atoms. The first-order valence-corrected chi connectivity index (χ1v) is 7.90. The van der Waals surface area contributed by atoms with Crippen molar-refractivity contribution in [3.05, 3.63) is 0 Å². The maximum Gasteiger partial charge on any atom is 0.220 e. The molecule has 0 spiro atoms. The molecule has 20 heavy (non-hydrogen) atoms. The number of hydrogen-bond acceptors (Lipinski definition) is 3. The summed E-state index contributed by atoms with van der Waals surface area (Å²) in [6.07, 6.45) is 8.98. The van der Waals surface area contributed by atoms with E-state index in [2.05, 4.69) is 5.32 Å². The Balaban J connectivity index is 0.00000147. The van der Waals surface area contributed by atoms with Gasteiger partial charge in [0.2, 0.25) is 5.91 Å². The van der Waals surface area contributed by atoms with Gasteiger partial charge in [0.05, 0.1) is 6.10 Å². The summed E-state index contributed by atoms with van der Waals surface area (Å²) in [5, 5.41) is 3.26. The van der Waals surface area contributed by atoms with E-state index in [1.165, 1.54) is 19.3 Å². The van der Waals surface area contributed by atoms with Crippen LogP contribution < -0.4 is 11.1 Å². The van der Waals surface area contributed by atoms with Crippen molar-refractivity contribution in [3.8, 4) is 0 Å². The van der Waals surface area contributed by atoms with E-state index in [-0.39, 0.29) is 24.4 Å². The Morgan fingerprint density at radius 3 is 2.70 bits per heavy atom. The maximum atomic E-state index is 12.2. The Morgan fingerprint density at radius 1 is 1.15 bits per heavy atom. The second-order valence-electron chi connectivity index (χ2n) is 6.53. The van der Waals surface area contributed by atoms with Gasteiger partial charge in [-0.1, -0.05) is 6.42 Å². The summed E-state index contributed by atoms with van der Waals surface area (Å²) >= 11 is 0. The smallest absolute Gasteiger partial charge is 0.220 e. The first-order chi connectivity index (χ1) is 9.24. The zero-order valence-electron chi connectivity index (χ0n) is 12.1. The fourth-order valence-corrected chi connectivity index (χ4v) is 4.18. The third-order valence-electron chi connectivity index (χ3n) is 5.29. The molecule has 0 aromatic carbocycles. The zero-order valence-corrected chi connectivity index (χ0v) is 12.9. The minimum absolute atomic E-state index is 0. The molecule has 116 valence electrons. The van der Waals surface area contributed by atoms with Gasteiger partial charge >= 0.3 is 0 Å². The summed E-state index contributed by atoms with van der Waals surface area (Å²) in [6.45, 7) is 0.870. The molecule has 1 saturated heterocycles. The number of carbonyl (C=O) groups excluding carboxylic acids is 1. The molecule has 2 aliphatic carbocycles. The van der Waals surface area contributed by atoms with Crippen LogP contribution in [0.2, 0.25) is 0 Å². The molecule has 1 aliphatic heterocycles. The van der Waals surface area contributed by atoms with Crippen molar-refractivity contribution in [2.45, 2.75) is 69.6 Å². The first kappa shape index (κ1) is 16.1. The molecule has 0 aromatic heterocycles. The van der Waals surface area contributed by atoms with Gasteiger partial charge in [0, 0.05) is 31.0 Å². The number of nitrogens with one attached hydrogen (secondary N) is 1. The van der Waals surface area contributed by atoms with Crippen LogP contribution in [0.5, 0.6) is 0 Å². The van der Waals surface area contributed by atoms with E-state index in [9.17, 15) is 4.79 Å². The van der Waals surface area contributed by atoms with Gasteiger partial charge < -0.3 is 15.8 Å². The molecule has 1 heterocycles. The maximum absolute atomic E-state index is 12.2. The Morgan fingerprint density at radius 2 is 1.95 bits per heavy atom. The molecule has 3 fully saturated rings. The minimum atomic E-state index is 0. The highest BCUT2D eigenvalue weighted by Crippen LogP contribution is 2.34. The van der Waals surface area contributed by atoms with E-state index in [1.54, 1.807) is 0 Å². The fraction of sp³-hybridized carbons (Fsp3) is 0.933. The Kier molecular flexibility index (Phi) is 5.70. The lowest BCUT2D eigenvalue weighted by Crippen LogP contribution is -2.46. The second kappa shape index (κ2) is 7.10. The highest BCUT2D eigenvalue weighted by molar-refractivity contribution is 5.85. The number of hydrogen-bond donors (Lipinski definition) is 2. The van der Waals surface area contributed by atoms with Gasteiger partial charge in [0.25, 0.3) is 0 Å². The van der Waals surface area contributed by atoms with Gasteiger partial charge in [0.15, 0.2) is 0 Å². The lowest BCUT2D eigenvalue weighted by molar-refractivity contribution is -0.123. The van der Waals surface area contributed by atoms with Gasteiger partial charge in [-0.25, -0.2) is 0 Å². The number of carbonyl (C=O) groups is 1. The minimum Gasteiger partial charge on any atom is -0.378 e. The summed E-state index contributed by atoms with van der Waals surface area (Å²) in [5.74, 6) is 1.16. The summed E-state index contributed by atoms with van der Waals surface area (Å²) in [4.78, 5) is 12.2. The van der Waals surface area contributed by atoms with Crippen LogP contribution in [0.3, 0.4) is 0 Å². The van der Waals surface area contributed by atoms with Gasteiger partial charge in [-0.05, 0) is 44.4 Å². The molecule has 3 N–H and O–H groups in total. The molecule has 4 nitrogen and oxygen atoms in total. The largest absolute Gasteiger partial charge is 0.378 e. The summed E-state index contributed by atoms with van der Waals surface area (Å²) in [6, 6.07) is 0.575. The zero-order chi connectivity index (χ0) is 13.2. The molecule has 0 radical (unpaired) electrons. The molecule has 3 aliphatic rings. The van der Waals surface area contributed by atoms with Gasteiger partial charge in [-0.3, -0.25) is 4.79 Å². The van der Waals surface area contributed by atoms with Crippen molar-refractivity contribution >= 4 is 18.3 Å². The van der Waals surface area contributed by atoms with Crippen molar-refractivity contribution in [2.24, 2.45) is 17.6 Å². The molecule has 5 heteroatoms. The monoisotopic (exact) mass is 302 g/mol. The van der Waals surface area contributed by atoms with Crippen LogP contribution in [0.1, 0.15) is 51.4 Å². The van der Waals surface area contributed by atoms with Crippen molar-refractivity contribution in [2.75, 3.05) is 6.61 Å². The number of fused-ring (bicyclic) bond motifs is 1. The highest BCUT2D eigenvalue weighted by atomic mass is 35.5. The molecular weight excluding hydrogens is 276 g/mol. The summed E-state index contributed by atoms with van der Waals surface area (Å²) in [7, 11) is 0. The van der Waals surface area contributed by atoms with Crippen molar-refractivity contribution in [3.63, 3.8) is 0 Å². The normalized spacial score (nSPS) is 40.0. The van der Waals surface area contributed by atoms with Crippen LogP contribution in [0.4, 0.5) is 0 Å². The Bertz CT molecular complexity index is 340. The van der Waals surface area contributed by atoms with Crippen LogP contribution in [0, 0.1) is 11.8 Å². The number of amides is 1. The molecule has 3 unspecified atom stereocenters. The average molecular weight is 303 g/mol. The van der Waals surface area contributed by atoms with Gasteiger partial charge in [0.1, 0.15) is 0 Å². The summed E-state index contributed by atoms with van der Waals surface area (Å²) in [5.41, 5.74) is 6.05. The van der Waals surface area contributed by atoms with Crippen LogP contribution in [0.25, 0.3) is 0 Å². The second-order valence-corrected chi connectivity index (χ2v) is 6.53. The molecule has 5 atom stereocenters. The average Bonchev–Trinajstić information content (AvgIpc) is 3.00. The summed E-state index contributed by atoms with van der Waals surface area (Å²) < 4.78 is 5.75. The van der Waals surface area contributed by atoms with Gasteiger partial charge in [-0.15, -0.1) is 12.4 Å². The SMILES string of the molecule is Cl.N[C@@H]1CCC[C@H]1CC(=O)NC1CCCC2OCCC12. The lowest BCUT2D eigenvalue weighted by Gasteiger charge is -2.33. The third-order valence-corrected chi connectivity index (χ3v) is 5.29. The van der Waals surface area contributed by atoms with E-state index in [1.807, 2.05) is 0 Å². The lowest BCUT2D eigenvalue weighted by atomic mass is 9.81. The van der Waals surface area contributed by atoms with Crippen molar-refractivity contribution < 1.29 is 9.53 Å². The quantitative estimate of drug-likeness (QED) is 0.838. The number of nitrogens with two attached hydrogens (primary N) is 1. The van der Waals surface area contributed by atoms with E-state index in [0.29, 0.717) is 30.4 Å². The third kappa shape index (κ3) is 3.46. The molecule has 0 aromatic rings. The van der Waals surface area contributed by atoms with Crippen LogP contribution in [0.15, 0.2) is 0 Å². The fourth-order valence-electron chi connectivity index (χ4n) is 4.18. The Hall–Kier alpha value is -0.320. The van der Waals surface area contributed by atoms with Crippen molar-refractivity contribution in [1.82, 2.24) is 5.32 Å². The van der Waals surface area contributed by atoms with Gasteiger partial charge in [-0.2, -0.15) is 0 Å². The standard InChI is InChI=1S/C15H26N2O2.ClH/c16-12-4-1-3-10(12)9-15(18)17-13-5-2-6-14-11(13)7-8-19-14;/h10-14H,1-9,16H2,(H,17,18);1H/t10-,11?,12+,13?,14?;/m0./s1. The topological polar surface area (TPSA) is 64.4 Å². The number of ether oxygens (including phenoxy) is 1. The van der Waals surface area contributed by atoms with Crippen molar-refractivity contribution in [1.29, 1.82) is 0 Å². The van der Waals surface area contributed by atoms with E-state index < -0.39 is 0 Å². The van der Waals surface area contributed by atoms with E-state index in [4.69, 9.17) is 10.5 Å². The molecule has 2 saturated carbocycles. The number of rotatable bonds is 3. The van der Waals surface area contributed by atoms with Crippen LogP contribution in [-0.4, -0.2) is 30.7 Å². The Labute approximate surface area is 127 Å². The number of halogens is 1. The molecule has 1 amide bonds. The molecular formula is C15H27ClN2O2. The first-order valence-electron chi connectivity index (χ1n) is 7.90.